The number of anilines is 1. The van der Waals surface area contributed by atoms with E-state index in [0.717, 1.165) is 0 Å². The molecule has 0 heterocycles. The molecule has 94 valence electrons. The Morgan fingerprint density at radius 2 is 1.94 bits per heavy atom. The zero-order valence-electron chi connectivity index (χ0n) is 10.7. The maximum atomic E-state index is 13.3. The quantitative estimate of drug-likeness (QED) is 0.846. The predicted molar refractivity (Wildman–Crippen MR) is 67.5 cm³/mol. The first kappa shape index (κ1) is 13.5. The van der Waals surface area contributed by atoms with Crippen molar-refractivity contribution in [3.63, 3.8) is 0 Å². The van der Waals surface area contributed by atoms with Gasteiger partial charge in [-0.1, -0.05) is 6.07 Å². The Hall–Kier alpha value is -1.58. The zero-order chi connectivity index (χ0) is 13.0. The van der Waals surface area contributed by atoms with E-state index in [9.17, 15) is 9.18 Å². The number of rotatable bonds is 4. The summed E-state index contributed by atoms with van der Waals surface area (Å²) in [6, 6.07) is 4.55. The van der Waals surface area contributed by atoms with Crippen molar-refractivity contribution >= 4 is 11.6 Å². The van der Waals surface area contributed by atoms with Gasteiger partial charge in [0.1, 0.15) is 11.9 Å². The molecule has 2 N–H and O–H groups in total. The summed E-state index contributed by atoms with van der Waals surface area (Å²) in [7, 11) is 0. The zero-order valence-corrected chi connectivity index (χ0v) is 10.7. The van der Waals surface area contributed by atoms with Crippen molar-refractivity contribution in [2.24, 2.45) is 0 Å². The van der Waals surface area contributed by atoms with Crippen LogP contribution in [-0.2, 0) is 4.79 Å². The molecular formula is C13H19FN2O. The normalized spacial score (nSPS) is 12.4. The number of hydrogen-bond donors (Lipinski definition) is 2. The van der Waals surface area contributed by atoms with E-state index in [1.807, 2.05) is 13.8 Å². The van der Waals surface area contributed by atoms with E-state index in [1.165, 1.54) is 6.07 Å². The number of aryl methyl sites for hydroxylation is 1. The number of carbonyl (C=O) groups is 1. The van der Waals surface area contributed by atoms with Crippen LogP contribution in [0.2, 0.25) is 0 Å². The largest absolute Gasteiger partial charge is 0.374 e. The molecule has 0 saturated heterocycles. The molecule has 1 unspecified atom stereocenters. The summed E-state index contributed by atoms with van der Waals surface area (Å²) < 4.78 is 13.3. The van der Waals surface area contributed by atoms with Crippen LogP contribution in [0, 0.1) is 12.7 Å². The Kier molecular flexibility index (Phi) is 4.49. The third kappa shape index (κ3) is 4.06. The van der Waals surface area contributed by atoms with Crippen molar-refractivity contribution < 1.29 is 9.18 Å². The Balaban J connectivity index is 2.64. The van der Waals surface area contributed by atoms with Crippen LogP contribution in [0.4, 0.5) is 10.1 Å². The fourth-order valence-electron chi connectivity index (χ4n) is 1.41. The average molecular weight is 238 g/mol. The molecule has 3 nitrogen and oxygen atoms in total. The number of halogens is 1. The fourth-order valence-corrected chi connectivity index (χ4v) is 1.41. The van der Waals surface area contributed by atoms with Crippen LogP contribution in [0.15, 0.2) is 18.2 Å². The van der Waals surface area contributed by atoms with Crippen LogP contribution in [0.25, 0.3) is 0 Å². The Morgan fingerprint density at radius 1 is 1.29 bits per heavy atom. The minimum Gasteiger partial charge on any atom is -0.374 e. The maximum Gasteiger partial charge on any atom is 0.242 e. The van der Waals surface area contributed by atoms with E-state index < -0.39 is 0 Å². The summed E-state index contributed by atoms with van der Waals surface area (Å²) in [6.45, 7) is 7.25. The molecule has 0 saturated carbocycles. The van der Waals surface area contributed by atoms with Gasteiger partial charge in [-0.05, 0) is 45.4 Å². The van der Waals surface area contributed by atoms with Gasteiger partial charge in [0.05, 0.1) is 0 Å². The van der Waals surface area contributed by atoms with Gasteiger partial charge < -0.3 is 10.6 Å². The lowest BCUT2D eigenvalue weighted by Gasteiger charge is -2.17. The van der Waals surface area contributed by atoms with Gasteiger partial charge in [-0.25, -0.2) is 4.39 Å². The van der Waals surface area contributed by atoms with Gasteiger partial charge >= 0.3 is 0 Å². The number of benzene rings is 1. The second-order valence-corrected chi connectivity index (χ2v) is 4.49. The molecule has 4 heteroatoms. The number of amides is 1. The minimum atomic E-state index is -0.389. The topological polar surface area (TPSA) is 41.1 Å². The Morgan fingerprint density at radius 3 is 2.47 bits per heavy atom. The first-order valence-electron chi connectivity index (χ1n) is 5.73. The van der Waals surface area contributed by atoms with E-state index in [0.29, 0.717) is 11.3 Å². The highest BCUT2D eigenvalue weighted by Gasteiger charge is 2.13. The van der Waals surface area contributed by atoms with E-state index >= 15 is 0 Å². The first-order valence-corrected chi connectivity index (χ1v) is 5.73. The lowest BCUT2D eigenvalue weighted by atomic mass is 10.2. The lowest BCUT2D eigenvalue weighted by Crippen LogP contribution is -2.40. The standard InChI is InChI=1S/C13H19FN2O/c1-8(2)15-13(17)10(4)16-11-6-5-9(3)12(14)7-11/h5-8,10,16H,1-4H3,(H,15,17). The van der Waals surface area contributed by atoms with Crippen LogP contribution in [0.1, 0.15) is 26.3 Å². The highest BCUT2D eigenvalue weighted by molar-refractivity contribution is 5.84. The molecule has 0 fully saturated rings. The van der Waals surface area contributed by atoms with Gasteiger partial charge in [0.2, 0.25) is 5.91 Å². The molecule has 1 aromatic rings. The maximum absolute atomic E-state index is 13.3. The van der Waals surface area contributed by atoms with Gasteiger partial charge in [0.25, 0.3) is 0 Å². The molecular weight excluding hydrogens is 219 g/mol. The predicted octanol–water partition coefficient (Wildman–Crippen LogP) is 2.46. The molecule has 17 heavy (non-hydrogen) atoms. The highest BCUT2D eigenvalue weighted by atomic mass is 19.1. The van der Waals surface area contributed by atoms with Crippen LogP contribution in [0.3, 0.4) is 0 Å². The van der Waals surface area contributed by atoms with Gasteiger partial charge in [-0.2, -0.15) is 0 Å². The van der Waals surface area contributed by atoms with Gasteiger partial charge in [-0.15, -0.1) is 0 Å². The molecule has 0 bridgehead atoms. The summed E-state index contributed by atoms with van der Waals surface area (Å²) in [6.07, 6.45) is 0. The molecule has 1 rings (SSSR count). The number of hydrogen-bond acceptors (Lipinski definition) is 2. The van der Waals surface area contributed by atoms with Crippen molar-refractivity contribution in [2.45, 2.75) is 39.8 Å². The summed E-state index contributed by atoms with van der Waals surface area (Å²) in [4.78, 5) is 11.6. The molecule has 1 atom stereocenters. The van der Waals surface area contributed by atoms with Crippen LogP contribution in [-0.4, -0.2) is 18.0 Å². The number of nitrogens with one attached hydrogen (secondary N) is 2. The summed E-state index contributed by atoms with van der Waals surface area (Å²) >= 11 is 0. The van der Waals surface area contributed by atoms with Crippen molar-refractivity contribution in [1.82, 2.24) is 5.32 Å². The fraction of sp³-hybridized carbons (Fsp3) is 0.462. The summed E-state index contributed by atoms with van der Waals surface area (Å²) in [5.74, 6) is -0.368. The molecule has 0 spiro atoms. The third-order valence-corrected chi connectivity index (χ3v) is 2.38. The smallest absolute Gasteiger partial charge is 0.242 e. The molecule has 0 aliphatic heterocycles. The third-order valence-electron chi connectivity index (χ3n) is 2.38. The van der Waals surface area contributed by atoms with Crippen LogP contribution in [0.5, 0.6) is 0 Å². The van der Waals surface area contributed by atoms with Gasteiger partial charge in [-0.3, -0.25) is 4.79 Å². The van der Waals surface area contributed by atoms with Crippen LogP contribution >= 0.6 is 0 Å². The summed E-state index contributed by atoms with van der Waals surface area (Å²) in [5, 5.41) is 5.76. The Bertz CT molecular complexity index is 404. The van der Waals surface area contributed by atoms with Gasteiger partial charge in [0.15, 0.2) is 0 Å². The van der Waals surface area contributed by atoms with Crippen molar-refractivity contribution in [3.05, 3.63) is 29.6 Å². The lowest BCUT2D eigenvalue weighted by molar-refractivity contribution is -0.122. The second kappa shape index (κ2) is 5.66. The average Bonchev–Trinajstić information content (AvgIpc) is 2.22. The summed E-state index contributed by atoms with van der Waals surface area (Å²) in [5.41, 5.74) is 1.20. The molecule has 0 radical (unpaired) electrons. The van der Waals surface area contributed by atoms with Crippen LogP contribution < -0.4 is 10.6 Å². The monoisotopic (exact) mass is 238 g/mol. The van der Waals surface area contributed by atoms with Crippen molar-refractivity contribution in [2.75, 3.05) is 5.32 Å². The number of carbonyl (C=O) groups excluding carboxylic acids is 1. The molecule has 1 amide bonds. The SMILES string of the molecule is Cc1ccc(NC(C)C(=O)NC(C)C)cc1F. The molecule has 0 aromatic heterocycles. The molecule has 0 aliphatic carbocycles. The highest BCUT2D eigenvalue weighted by Crippen LogP contribution is 2.14. The molecule has 1 aromatic carbocycles. The van der Waals surface area contributed by atoms with E-state index in [4.69, 9.17) is 0 Å². The van der Waals surface area contributed by atoms with Crippen molar-refractivity contribution in [1.29, 1.82) is 0 Å². The van der Waals surface area contributed by atoms with E-state index in [-0.39, 0.29) is 23.8 Å². The minimum absolute atomic E-state index is 0.0963. The first-order chi connectivity index (χ1) is 7.90. The van der Waals surface area contributed by atoms with E-state index in [1.54, 1.807) is 26.0 Å². The van der Waals surface area contributed by atoms with Gasteiger partial charge in [0, 0.05) is 11.7 Å². The second-order valence-electron chi connectivity index (χ2n) is 4.49. The van der Waals surface area contributed by atoms with E-state index in [2.05, 4.69) is 10.6 Å². The molecule has 0 aliphatic rings. The Labute approximate surface area is 101 Å². The van der Waals surface area contributed by atoms with Crippen molar-refractivity contribution in [3.8, 4) is 0 Å².